The predicted octanol–water partition coefficient (Wildman–Crippen LogP) is 5.45. The quantitative estimate of drug-likeness (QED) is 0.529. The molecule has 13 aliphatic rings. The third-order valence-corrected chi connectivity index (χ3v) is 5.63. The monoisotopic (exact) mass is 281 g/mol. The molecule has 12 heterocycles. The minimum Gasteiger partial charge on any atom is -0.311 e. The summed E-state index contributed by atoms with van der Waals surface area (Å²) in [6.45, 7) is 0. The fourth-order valence-corrected chi connectivity index (χ4v) is 4.54. The summed E-state index contributed by atoms with van der Waals surface area (Å²) in [5.41, 5.74) is 8.15. The Labute approximate surface area is 129 Å². The molecule has 104 valence electrons. The van der Waals surface area contributed by atoms with Crippen molar-refractivity contribution in [3.8, 4) is 0 Å². The van der Waals surface area contributed by atoms with E-state index in [4.69, 9.17) is 0 Å². The van der Waals surface area contributed by atoms with Crippen molar-refractivity contribution in [2.75, 3.05) is 4.90 Å². The summed E-state index contributed by atoms with van der Waals surface area (Å²) in [5.74, 6) is 1.86. The maximum absolute atomic E-state index is 2.35. The lowest BCUT2D eigenvalue weighted by molar-refractivity contribution is 1.03. The minimum atomic E-state index is 0.621. The molecule has 22 heavy (non-hydrogen) atoms. The predicted molar refractivity (Wildman–Crippen MR) is 89.3 cm³/mol. The van der Waals surface area contributed by atoms with Gasteiger partial charge in [0.2, 0.25) is 0 Å². The zero-order valence-electron chi connectivity index (χ0n) is 12.1. The van der Waals surface area contributed by atoms with Crippen molar-refractivity contribution in [1.82, 2.24) is 0 Å². The Morgan fingerprint density at radius 3 is 0.955 bits per heavy atom. The Hall–Kier alpha value is -2.54. The highest BCUT2D eigenvalue weighted by molar-refractivity contribution is 5.78. The van der Waals surface area contributed by atoms with Crippen LogP contribution in [0.2, 0.25) is 0 Å². The lowest BCUT2D eigenvalue weighted by Gasteiger charge is -2.25. The van der Waals surface area contributed by atoms with E-state index in [1.165, 1.54) is 33.8 Å². The molecule has 0 spiro atoms. The highest BCUT2D eigenvalue weighted by Crippen LogP contribution is 2.67. The van der Waals surface area contributed by atoms with Crippen molar-refractivity contribution in [3.05, 3.63) is 89.5 Å². The SMILES string of the molecule is c1cc2ccc1C1C3c4ccc(cc4)N2c2ccc(cc2)C13. The highest BCUT2D eigenvalue weighted by atomic mass is 15.1. The van der Waals surface area contributed by atoms with Gasteiger partial charge in [0.1, 0.15) is 0 Å². The van der Waals surface area contributed by atoms with Gasteiger partial charge in [-0.15, -0.1) is 0 Å². The van der Waals surface area contributed by atoms with E-state index >= 15 is 0 Å². The summed E-state index contributed by atoms with van der Waals surface area (Å²) in [4.78, 5) is 2.35. The molecule has 0 radical (unpaired) electrons. The molecule has 1 heteroatoms. The van der Waals surface area contributed by atoms with E-state index in [2.05, 4.69) is 77.7 Å². The average molecular weight is 281 g/mol. The molecule has 0 N–H and O–H groups in total. The molecule has 0 amide bonds. The summed E-state index contributed by atoms with van der Waals surface area (Å²) in [6, 6.07) is 27.6. The van der Waals surface area contributed by atoms with Crippen molar-refractivity contribution in [2.45, 2.75) is 17.8 Å². The van der Waals surface area contributed by atoms with Gasteiger partial charge in [0.25, 0.3) is 0 Å². The van der Waals surface area contributed by atoms with Crippen LogP contribution >= 0.6 is 0 Å². The first-order valence-corrected chi connectivity index (χ1v) is 8.00. The van der Waals surface area contributed by atoms with Gasteiger partial charge in [0.05, 0.1) is 0 Å². The van der Waals surface area contributed by atoms with Crippen molar-refractivity contribution < 1.29 is 0 Å². The van der Waals surface area contributed by atoms with Crippen LogP contribution in [0.3, 0.4) is 0 Å². The topological polar surface area (TPSA) is 3.24 Å². The summed E-state index contributed by atoms with van der Waals surface area (Å²) in [5, 5.41) is 0. The van der Waals surface area contributed by atoms with E-state index < -0.39 is 0 Å². The molecule has 3 aromatic carbocycles. The fraction of sp³-hybridized carbons (Fsp3) is 0.143. The lowest BCUT2D eigenvalue weighted by atomic mass is 10.0. The van der Waals surface area contributed by atoms with E-state index in [0.29, 0.717) is 17.8 Å². The Kier molecular flexibility index (Phi) is 1.82. The van der Waals surface area contributed by atoms with Crippen LogP contribution in [0.25, 0.3) is 0 Å². The van der Waals surface area contributed by atoms with E-state index in [9.17, 15) is 0 Å². The number of anilines is 3. The van der Waals surface area contributed by atoms with Crippen molar-refractivity contribution in [2.24, 2.45) is 0 Å². The van der Waals surface area contributed by atoms with Crippen LogP contribution in [0.1, 0.15) is 34.4 Å². The largest absolute Gasteiger partial charge is 0.311 e. The van der Waals surface area contributed by atoms with Gasteiger partial charge < -0.3 is 4.90 Å². The van der Waals surface area contributed by atoms with Crippen LogP contribution in [0.4, 0.5) is 17.1 Å². The first-order valence-electron chi connectivity index (χ1n) is 8.00. The molecule has 3 aromatic rings. The second-order valence-corrected chi connectivity index (χ2v) is 6.69. The summed E-state index contributed by atoms with van der Waals surface area (Å²) >= 11 is 0. The van der Waals surface area contributed by atoms with Crippen LogP contribution in [0.15, 0.2) is 72.8 Å². The van der Waals surface area contributed by atoms with Crippen LogP contribution in [0.5, 0.6) is 0 Å². The molecule has 1 saturated carbocycles. The van der Waals surface area contributed by atoms with Gasteiger partial charge in [-0.1, -0.05) is 36.4 Å². The van der Waals surface area contributed by atoms with E-state index in [0.717, 1.165) is 0 Å². The first-order chi connectivity index (χ1) is 10.9. The lowest BCUT2D eigenvalue weighted by Crippen LogP contribution is -2.09. The first kappa shape index (κ1) is 11.1. The number of benzene rings is 3. The molecular weight excluding hydrogens is 266 g/mol. The number of hydrogen-bond acceptors (Lipinski definition) is 1. The molecule has 1 fully saturated rings. The standard InChI is InChI=1S/C21H15N/c1-7-16-8-2-13(1)19-20-14-3-9-17(10-4-14)22(16)18-11-5-15(6-12-18)21(19)20/h1-12,19-21H. The zero-order chi connectivity index (χ0) is 14.3. The number of hydrogen-bond donors (Lipinski definition) is 0. The van der Waals surface area contributed by atoms with E-state index in [1.807, 2.05) is 0 Å². The normalized spacial score (nSPS) is 25.6. The molecule has 0 aromatic heterocycles. The van der Waals surface area contributed by atoms with Crippen molar-refractivity contribution in [1.29, 1.82) is 0 Å². The van der Waals surface area contributed by atoms with Crippen LogP contribution in [-0.4, -0.2) is 0 Å². The molecule has 1 nitrogen and oxygen atoms in total. The summed E-state index contributed by atoms with van der Waals surface area (Å²) < 4.78 is 0. The minimum absolute atomic E-state index is 0.621. The summed E-state index contributed by atoms with van der Waals surface area (Å²) in [6.07, 6.45) is 0. The maximum atomic E-state index is 2.35. The van der Waals surface area contributed by atoms with Gasteiger partial charge >= 0.3 is 0 Å². The smallest absolute Gasteiger partial charge is 0.0461 e. The Morgan fingerprint density at radius 2 is 0.682 bits per heavy atom. The summed E-state index contributed by atoms with van der Waals surface area (Å²) in [7, 11) is 0. The maximum Gasteiger partial charge on any atom is 0.0461 e. The van der Waals surface area contributed by atoms with Crippen molar-refractivity contribution >= 4 is 17.1 Å². The third kappa shape index (κ3) is 1.25. The van der Waals surface area contributed by atoms with Gasteiger partial charge in [0, 0.05) is 17.1 Å². The number of rotatable bonds is 0. The second-order valence-electron chi connectivity index (χ2n) is 6.69. The molecule has 1 aliphatic carbocycles. The average Bonchev–Trinajstić information content (AvgIpc) is 3.33. The van der Waals surface area contributed by atoms with E-state index in [1.54, 1.807) is 0 Å². The van der Waals surface area contributed by atoms with E-state index in [-0.39, 0.29) is 0 Å². The fourth-order valence-electron chi connectivity index (χ4n) is 4.54. The van der Waals surface area contributed by atoms with Gasteiger partial charge in [-0.2, -0.15) is 0 Å². The zero-order valence-corrected chi connectivity index (χ0v) is 12.1. The van der Waals surface area contributed by atoms with Crippen LogP contribution in [-0.2, 0) is 0 Å². The molecule has 0 saturated heterocycles. The van der Waals surface area contributed by atoms with Crippen LogP contribution in [0, 0.1) is 0 Å². The Bertz CT molecular complexity index is 746. The molecule has 0 atom stereocenters. The highest BCUT2D eigenvalue weighted by Gasteiger charge is 2.52. The molecule has 0 unspecified atom stereocenters. The second kappa shape index (κ2) is 3.61. The molecule has 16 rings (SSSR count). The van der Waals surface area contributed by atoms with Gasteiger partial charge in [0.15, 0.2) is 0 Å². The number of nitrogens with zero attached hydrogens (tertiary/aromatic N) is 1. The Morgan fingerprint density at radius 1 is 0.409 bits per heavy atom. The molecule has 10 bridgehead atoms. The Balaban J connectivity index is 1.81. The van der Waals surface area contributed by atoms with Gasteiger partial charge in [-0.25, -0.2) is 0 Å². The van der Waals surface area contributed by atoms with Crippen LogP contribution < -0.4 is 4.90 Å². The van der Waals surface area contributed by atoms with Gasteiger partial charge in [-0.05, 0) is 70.8 Å². The molecular formula is C21H15N. The van der Waals surface area contributed by atoms with Crippen molar-refractivity contribution in [3.63, 3.8) is 0 Å². The van der Waals surface area contributed by atoms with Gasteiger partial charge in [-0.3, -0.25) is 0 Å². The third-order valence-electron chi connectivity index (χ3n) is 5.63. The molecule has 12 aliphatic heterocycles.